The molecular weight excluding hydrogens is 379 g/mol. The Bertz CT molecular complexity index is 571. The number of benzene rings is 1. The fourth-order valence-corrected chi connectivity index (χ4v) is 2.32. The molecular formula is C14H17BrClFN2O3. The van der Waals surface area contributed by atoms with Gasteiger partial charge in [-0.1, -0.05) is 11.6 Å². The van der Waals surface area contributed by atoms with Crippen LogP contribution in [0.3, 0.4) is 0 Å². The molecule has 0 fully saturated rings. The second kappa shape index (κ2) is 8.45. The zero-order valence-electron chi connectivity index (χ0n) is 12.5. The summed E-state index contributed by atoms with van der Waals surface area (Å²) in [4.78, 5) is 23.6. The van der Waals surface area contributed by atoms with Gasteiger partial charge in [0.05, 0.1) is 18.1 Å². The first kappa shape index (κ1) is 18.9. The number of hydrogen-bond acceptors (Lipinski definition) is 4. The Hall–Kier alpha value is -1.18. The van der Waals surface area contributed by atoms with Crippen molar-refractivity contribution in [1.29, 1.82) is 0 Å². The molecule has 0 heterocycles. The largest absolute Gasteiger partial charge is 0.465 e. The van der Waals surface area contributed by atoms with Gasteiger partial charge in [0.2, 0.25) is 5.91 Å². The first-order chi connectivity index (χ1) is 10.3. The average molecular weight is 396 g/mol. The second-order valence-corrected chi connectivity index (χ2v) is 5.75. The number of nitrogens with zero attached hydrogens (tertiary/aromatic N) is 1. The summed E-state index contributed by atoms with van der Waals surface area (Å²) in [5.41, 5.74) is 2.84. The van der Waals surface area contributed by atoms with Crippen molar-refractivity contribution in [3.63, 3.8) is 0 Å². The molecule has 1 aromatic carbocycles. The number of carbonyl (C=O) groups excluding carboxylic acids is 2. The van der Waals surface area contributed by atoms with Gasteiger partial charge < -0.3 is 4.74 Å². The van der Waals surface area contributed by atoms with Gasteiger partial charge in [-0.25, -0.2) is 9.82 Å². The number of halogens is 3. The van der Waals surface area contributed by atoms with Gasteiger partial charge in [0, 0.05) is 17.1 Å². The highest BCUT2D eigenvalue weighted by Gasteiger charge is 2.21. The standard InChI is InChI=1S/C14H17BrClFN2O3/c1-4-22-14(21)8(2)18-19(3)12(20)7-9-11(17)6-5-10(16)13(9)15/h5-6,8,18H,4,7H2,1-3H3. The van der Waals surface area contributed by atoms with Gasteiger partial charge in [-0.15, -0.1) is 0 Å². The highest BCUT2D eigenvalue weighted by Crippen LogP contribution is 2.28. The SMILES string of the molecule is CCOC(=O)C(C)NN(C)C(=O)Cc1c(F)ccc(Cl)c1Br. The lowest BCUT2D eigenvalue weighted by molar-refractivity contribution is -0.148. The molecule has 1 atom stereocenters. The van der Waals surface area contributed by atoms with Crippen LogP contribution in [-0.4, -0.2) is 36.6 Å². The van der Waals surface area contributed by atoms with Crippen molar-refractivity contribution in [3.05, 3.63) is 33.0 Å². The number of likely N-dealkylation sites (N-methyl/N-ethyl adjacent to an activating group) is 1. The summed E-state index contributed by atoms with van der Waals surface area (Å²) < 4.78 is 19.0. The first-order valence-corrected chi connectivity index (χ1v) is 7.76. The molecule has 0 saturated heterocycles. The van der Waals surface area contributed by atoms with Crippen molar-refractivity contribution in [2.45, 2.75) is 26.3 Å². The van der Waals surface area contributed by atoms with Gasteiger partial charge in [-0.05, 0) is 41.9 Å². The van der Waals surface area contributed by atoms with Crippen LogP contribution in [0.4, 0.5) is 4.39 Å². The van der Waals surface area contributed by atoms with Crippen molar-refractivity contribution in [2.24, 2.45) is 0 Å². The van der Waals surface area contributed by atoms with Crippen molar-refractivity contribution in [3.8, 4) is 0 Å². The normalized spacial score (nSPS) is 11.9. The van der Waals surface area contributed by atoms with Crippen molar-refractivity contribution >= 4 is 39.4 Å². The third-order valence-electron chi connectivity index (χ3n) is 2.87. The van der Waals surface area contributed by atoms with Gasteiger partial charge in [-0.2, -0.15) is 0 Å². The van der Waals surface area contributed by atoms with Crippen LogP contribution in [0.2, 0.25) is 5.02 Å². The Labute approximate surface area is 141 Å². The van der Waals surface area contributed by atoms with Crippen molar-refractivity contribution in [2.75, 3.05) is 13.7 Å². The van der Waals surface area contributed by atoms with Crippen LogP contribution in [0.15, 0.2) is 16.6 Å². The van der Waals surface area contributed by atoms with Crippen molar-refractivity contribution < 1.29 is 18.7 Å². The molecule has 22 heavy (non-hydrogen) atoms. The van der Waals surface area contributed by atoms with E-state index >= 15 is 0 Å². The first-order valence-electron chi connectivity index (χ1n) is 6.59. The van der Waals surface area contributed by atoms with Crippen LogP contribution in [0.25, 0.3) is 0 Å². The highest BCUT2D eigenvalue weighted by atomic mass is 79.9. The summed E-state index contributed by atoms with van der Waals surface area (Å²) in [6.45, 7) is 3.51. The van der Waals surface area contributed by atoms with Gasteiger partial charge in [0.15, 0.2) is 0 Å². The molecule has 1 rings (SSSR count). The summed E-state index contributed by atoms with van der Waals surface area (Å²) in [5, 5.41) is 1.45. The number of hydrazine groups is 1. The van der Waals surface area contributed by atoms with Gasteiger partial charge in [-0.3, -0.25) is 14.6 Å². The minimum absolute atomic E-state index is 0.162. The molecule has 1 unspecified atom stereocenters. The zero-order valence-corrected chi connectivity index (χ0v) is 14.8. The number of nitrogens with one attached hydrogen (secondary N) is 1. The molecule has 0 bridgehead atoms. The molecule has 0 aromatic heterocycles. The molecule has 0 aliphatic rings. The van der Waals surface area contributed by atoms with E-state index in [4.69, 9.17) is 16.3 Å². The number of amides is 1. The van der Waals surface area contributed by atoms with E-state index in [0.29, 0.717) is 9.50 Å². The molecule has 0 saturated carbocycles. The van der Waals surface area contributed by atoms with E-state index in [1.165, 1.54) is 19.2 Å². The summed E-state index contributed by atoms with van der Waals surface area (Å²) in [5.74, 6) is -1.42. The Balaban J connectivity index is 2.73. The Morgan fingerprint density at radius 2 is 2.14 bits per heavy atom. The lowest BCUT2D eigenvalue weighted by Crippen LogP contribution is -2.48. The van der Waals surface area contributed by atoms with Gasteiger partial charge in [0.1, 0.15) is 11.9 Å². The summed E-state index contributed by atoms with van der Waals surface area (Å²) in [7, 11) is 1.45. The molecule has 5 nitrogen and oxygen atoms in total. The van der Waals surface area contributed by atoms with E-state index in [2.05, 4.69) is 21.4 Å². The topological polar surface area (TPSA) is 58.6 Å². The van der Waals surface area contributed by atoms with E-state index in [9.17, 15) is 14.0 Å². The Morgan fingerprint density at radius 1 is 1.50 bits per heavy atom. The zero-order chi connectivity index (χ0) is 16.9. The Kier molecular flexibility index (Phi) is 7.25. The molecule has 8 heteroatoms. The van der Waals surface area contributed by atoms with E-state index in [1.54, 1.807) is 13.8 Å². The molecule has 0 radical (unpaired) electrons. The smallest absolute Gasteiger partial charge is 0.324 e. The van der Waals surface area contributed by atoms with Gasteiger partial charge >= 0.3 is 5.97 Å². The van der Waals surface area contributed by atoms with Crippen LogP contribution >= 0.6 is 27.5 Å². The number of carbonyl (C=O) groups is 2. The van der Waals surface area contributed by atoms with Crippen LogP contribution < -0.4 is 5.43 Å². The minimum atomic E-state index is -0.693. The second-order valence-electron chi connectivity index (χ2n) is 4.55. The molecule has 0 aliphatic carbocycles. The predicted molar refractivity (Wildman–Crippen MR) is 84.8 cm³/mol. The van der Waals surface area contributed by atoms with Crippen LogP contribution in [0.1, 0.15) is 19.4 Å². The molecule has 0 spiro atoms. The molecule has 1 N–H and O–H groups in total. The van der Waals surface area contributed by atoms with Crippen molar-refractivity contribution in [1.82, 2.24) is 10.4 Å². The van der Waals surface area contributed by atoms with Crippen LogP contribution in [0, 0.1) is 5.82 Å². The summed E-state index contributed by atoms with van der Waals surface area (Å²) in [6.07, 6.45) is -0.202. The predicted octanol–water partition coefficient (Wildman–Crippen LogP) is 2.70. The van der Waals surface area contributed by atoms with Crippen LogP contribution in [-0.2, 0) is 20.7 Å². The van der Waals surface area contributed by atoms with E-state index in [0.717, 1.165) is 5.01 Å². The number of ether oxygens (including phenoxy) is 1. The third-order valence-corrected chi connectivity index (χ3v) is 4.32. The summed E-state index contributed by atoms with van der Waals surface area (Å²) in [6, 6.07) is 1.91. The maximum atomic E-state index is 13.8. The fraction of sp³-hybridized carbons (Fsp3) is 0.429. The number of rotatable bonds is 6. The molecule has 1 amide bonds. The lowest BCUT2D eigenvalue weighted by atomic mass is 10.1. The van der Waals surface area contributed by atoms with Crippen LogP contribution in [0.5, 0.6) is 0 Å². The van der Waals surface area contributed by atoms with Gasteiger partial charge in [0.25, 0.3) is 0 Å². The molecule has 122 valence electrons. The maximum Gasteiger partial charge on any atom is 0.324 e. The number of esters is 1. The lowest BCUT2D eigenvalue weighted by Gasteiger charge is -2.22. The highest BCUT2D eigenvalue weighted by molar-refractivity contribution is 9.10. The average Bonchev–Trinajstić information content (AvgIpc) is 2.47. The molecule has 1 aromatic rings. The monoisotopic (exact) mass is 394 g/mol. The van der Waals surface area contributed by atoms with E-state index in [1.807, 2.05) is 0 Å². The minimum Gasteiger partial charge on any atom is -0.465 e. The van der Waals surface area contributed by atoms with E-state index in [-0.39, 0.29) is 18.6 Å². The number of hydrogen-bond donors (Lipinski definition) is 1. The quantitative estimate of drug-likeness (QED) is 0.457. The Morgan fingerprint density at radius 3 is 2.73 bits per heavy atom. The molecule has 0 aliphatic heterocycles. The maximum absolute atomic E-state index is 13.8. The fourth-order valence-electron chi connectivity index (χ4n) is 1.68. The third kappa shape index (κ3) is 4.93. The van der Waals surface area contributed by atoms with E-state index < -0.39 is 23.7 Å². The summed E-state index contributed by atoms with van der Waals surface area (Å²) >= 11 is 9.06.